The van der Waals surface area contributed by atoms with Crippen LogP contribution in [-0.2, 0) is 0 Å². The highest BCUT2D eigenvalue weighted by Gasteiger charge is 2.26. The molecule has 0 radical (unpaired) electrons. The fraction of sp³-hybridized carbons (Fsp3) is 0.636. The lowest BCUT2D eigenvalue weighted by Crippen LogP contribution is -2.34. The van der Waals surface area contributed by atoms with Crippen molar-refractivity contribution in [1.29, 1.82) is 0 Å². The van der Waals surface area contributed by atoms with Gasteiger partial charge in [0.2, 0.25) is 0 Å². The predicted octanol–water partition coefficient (Wildman–Crippen LogP) is 2.96. The van der Waals surface area contributed by atoms with Gasteiger partial charge in [0.25, 0.3) is 0 Å². The number of nitrogens with zero attached hydrogens (tertiary/aromatic N) is 2. The van der Waals surface area contributed by atoms with E-state index >= 15 is 0 Å². The molecule has 1 heterocycles. The number of anilines is 1. The molecule has 0 aromatic carbocycles. The highest BCUT2D eigenvalue weighted by molar-refractivity contribution is 6.30. The van der Waals surface area contributed by atoms with Crippen LogP contribution >= 0.6 is 11.6 Å². The standard InChI is InChI=1S/C11H16ClN3/c1-6-4-9(5-6)13-11-8(3)7(2)10(12)14-15-11/h6,9H,4-5H2,1-3H3,(H,13,15). The molecule has 2 rings (SSSR count). The van der Waals surface area contributed by atoms with Crippen LogP contribution in [-0.4, -0.2) is 16.2 Å². The first-order valence-electron chi connectivity index (χ1n) is 5.34. The third-order valence-electron chi connectivity index (χ3n) is 3.18. The van der Waals surface area contributed by atoms with E-state index in [2.05, 4.69) is 22.4 Å². The number of halogens is 1. The van der Waals surface area contributed by atoms with Crippen molar-refractivity contribution in [3.05, 3.63) is 16.3 Å². The average molecular weight is 226 g/mol. The number of rotatable bonds is 2. The molecular weight excluding hydrogens is 210 g/mol. The first-order chi connectivity index (χ1) is 7.08. The molecule has 82 valence electrons. The summed E-state index contributed by atoms with van der Waals surface area (Å²) in [7, 11) is 0. The minimum Gasteiger partial charge on any atom is -0.366 e. The Morgan fingerprint density at radius 3 is 2.47 bits per heavy atom. The maximum absolute atomic E-state index is 5.89. The zero-order chi connectivity index (χ0) is 11.0. The summed E-state index contributed by atoms with van der Waals surface area (Å²) in [6.07, 6.45) is 2.45. The van der Waals surface area contributed by atoms with Crippen LogP contribution in [0.3, 0.4) is 0 Å². The third-order valence-corrected chi connectivity index (χ3v) is 3.54. The van der Waals surface area contributed by atoms with Crippen molar-refractivity contribution in [3.63, 3.8) is 0 Å². The Labute approximate surface area is 95.2 Å². The lowest BCUT2D eigenvalue weighted by atomic mass is 9.82. The summed E-state index contributed by atoms with van der Waals surface area (Å²) in [6, 6.07) is 0.563. The van der Waals surface area contributed by atoms with Gasteiger partial charge >= 0.3 is 0 Å². The largest absolute Gasteiger partial charge is 0.366 e. The van der Waals surface area contributed by atoms with E-state index in [0.717, 1.165) is 22.9 Å². The van der Waals surface area contributed by atoms with Crippen molar-refractivity contribution in [1.82, 2.24) is 10.2 Å². The van der Waals surface area contributed by atoms with Crippen LogP contribution in [0, 0.1) is 19.8 Å². The second kappa shape index (κ2) is 3.97. The Bertz CT molecular complexity index is 372. The molecule has 1 N–H and O–H groups in total. The van der Waals surface area contributed by atoms with Crippen molar-refractivity contribution < 1.29 is 0 Å². The molecule has 1 aliphatic rings. The monoisotopic (exact) mass is 225 g/mol. The molecule has 0 amide bonds. The maximum atomic E-state index is 5.89. The lowest BCUT2D eigenvalue weighted by Gasteiger charge is -2.34. The Kier molecular flexibility index (Phi) is 2.83. The summed E-state index contributed by atoms with van der Waals surface area (Å²) < 4.78 is 0. The van der Waals surface area contributed by atoms with Crippen LogP contribution in [0.5, 0.6) is 0 Å². The summed E-state index contributed by atoms with van der Waals surface area (Å²) in [6.45, 7) is 6.27. The van der Waals surface area contributed by atoms with Crippen molar-refractivity contribution in [2.45, 2.75) is 39.7 Å². The molecule has 1 fully saturated rings. The molecule has 0 unspecified atom stereocenters. The Morgan fingerprint density at radius 1 is 1.20 bits per heavy atom. The van der Waals surface area contributed by atoms with Gasteiger partial charge in [-0.05, 0) is 43.7 Å². The van der Waals surface area contributed by atoms with E-state index < -0.39 is 0 Å². The Hall–Kier alpha value is -0.830. The van der Waals surface area contributed by atoms with Crippen molar-refractivity contribution in [2.75, 3.05) is 5.32 Å². The third kappa shape index (κ3) is 2.07. The number of hydrogen-bond acceptors (Lipinski definition) is 3. The van der Waals surface area contributed by atoms with Crippen molar-refractivity contribution >= 4 is 17.4 Å². The van der Waals surface area contributed by atoms with Crippen LogP contribution in [0.15, 0.2) is 0 Å². The SMILES string of the molecule is Cc1c(Cl)nnc(NC2CC(C)C2)c1C. The first-order valence-corrected chi connectivity index (χ1v) is 5.71. The molecule has 0 spiro atoms. The normalized spacial score (nSPS) is 24.8. The fourth-order valence-corrected chi connectivity index (χ4v) is 2.11. The number of hydrogen-bond donors (Lipinski definition) is 1. The second-order valence-electron chi connectivity index (χ2n) is 4.51. The summed E-state index contributed by atoms with van der Waals surface area (Å²) in [4.78, 5) is 0. The molecule has 0 bridgehead atoms. The minimum absolute atomic E-state index is 0.500. The van der Waals surface area contributed by atoms with Crippen LogP contribution in [0.2, 0.25) is 5.15 Å². The van der Waals surface area contributed by atoms with Crippen LogP contribution < -0.4 is 5.32 Å². The van der Waals surface area contributed by atoms with Gasteiger partial charge in [-0.25, -0.2) is 0 Å². The smallest absolute Gasteiger partial charge is 0.155 e. The van der Waals surface area contributed by atoms with E-state index in [1.54, 1.807) is 0 Å². The molecule has 15 heavy (non-hydrogen) atoms. The fourth-order valence-electron chi connectivity index (χ4n) is 1.93. The Morgan fingerprint density at radius 2 is 1.87 bits per heavy atom. The highest BCUT2D eigenvalue weighted by Crippen LogP contribution is 2.30. The van der Waals surface area contributed by atoms with Gasteiger partial charge in [-0.2, -0.15) is 0 Å². The number of nitrogens with one attached hydrogen (secondary N) is 1. The van der Waals surface area contributed by atoms with Crippen LogP contribution in [0.25, 0.3) is 0 Å². The van der Waals surface area contributed by atoms with E-state index in [9.17, 15) is 0 Å². The van der Waals surface area contributed by atoms with Gasteiger partial charge in [0.1, 0.15) is 0 Å². The van der Waals surface area contributed by atoms with Crippen molar-refractivity contribution in [3.8, 4) is 0 Å². The molecule has 1 aliphatic carbocycles. The summed E-state index contributed by atoms with van der Waals surface area (Å²) in [5, 5.41) is 11.9. The van der Waals surface area contributed by atoms with E-state index in [1.165, 1.54) is 12.8 Å². The number of aromatic nitrogens is 2. The zero-order valence-electron chi connectivity index (χ0n) is 9.34. The van der Waals surface area contributed by atoms with Gasteiger partial charge in [-0.15, -0.1) is 10.2 Å². The average Bonchev–Trinajstić information content (AvgIpc) is 2.16. The quantitative estimate of drug-likeness (QED) is 0.841. The van der Waals surface area contributed by atoms with E-state index in [-0.39, 0.29) is 0 Å². The molecule has 1 aromatic rings. The van der Waals surface area contributed by atoms with Crippen molar-refractivity contribution in [2.24, 2.45) is 5.92 Å². The van der Waals surface area contributed by atoms with Gasteiger partial charge < -0.3 is 5.32 Å². The molecule has 0 atom stereocenters. The van der Waals surface area contributed by atoms with E-state index in [1.807, 2.05) is 13.8 Å². The topological polar surface area (TPSA) is 37.8 Å². The summed E-state index contributed by atoms with van der Waals surface area (Å²) >= 11 is 5.89. The van der Waals surface area contributed by atoms with Gasteiger partial charge in [0, 0.05) is 6.04 Å². The molecule has 0 aliphatic heterocycles. The van der Waals surface area contributed by atoms with Gasteiger partial charge in [-0.1, -0.05) is 18.5 Å². The van der Waals surface area contributed by atoms with Crippen LogP contribution in [0.1, 0.15) is 30.9 Å². The van der Waals surface area contributed by atoms with Crippen LogP contribution in [0.4, 0.5) is 5.82 Å². The lowest BCUT2D eigenvalue weighted by molar-refractivity contribution is 0.308. The zero-order valence-corrected chi connectivity index (χ0v) is 10.1. The predicted molar refractivity (Wildman–Crippen MR) is 62.3 cm³/mol. The molecule has 1 saturated carbocycles. The van der Waals surface area contributed by atoms with Gasteiger partial charge in [-0.3, -0.25) is 0 Å². The van der Waals surface area contributed by atoms with E-state index in [4.69, 9.17) is 11.6 Å². The van der Waals surface area contributed by atoms with Gasteiger partial charge in [0.05, 0.1) is 0 Å². The van der Waals surface area contributed by atoms with E-state index in [0.29, 0.717) is 11.2 Å². The molecule has 3 nitrogen and oxygen atoms in total. The minimum atomic E-state index is 0.500. The maximum Gasteiger partial charge on any atom is 0.155 e. The molecule has 0 saturated heterocycles. The Balaban J connectivity index is 2.12. The second-order valence-corrected chi connectivity index (χ2v) is 4.87. The van der Waals surface area contributed by atoms with Gasteiger partial charge in [0.15, 0.2) is 11.0 Å². The summed E-state index contributed by atoms with van der Waals surface area (Å²) in [5.74, 6) is 1.72. The molecule has 1 aromatic heterocycles. The molecule has 4 heteroatoms. The summed E-state index contributed by atoms with van der Waals surface area (Å²) in [5.41, 5.74) is 2.12. The molecular formula is C11H16ClN3. The first kappa shape index (κ1) is 10.7. The highest BCUT2D eigenvalue weighted by atomic mass is 35.5.